The lowest BCUT2D eigenvalue weighted by molar-refractivity contribution is -0.137. The first-order valence-corrected chi connectivity index (χ1v) is 10.3. The van der Waals surface area contributed by atoms with Crippen molar-refractivity contribution in [2.24, 2.45) is 4.99 Å². The van der Waals surface area contributed by atoms with Crippen LogP contribution in [0.2, 0.25) is 0 Å². The number of benzene rings is 1. The lowest BCUT2D eigenvalue weighted by Crippen LogP contribution is -2.56. The highest BCUT2D eigenvalue weighted by Crippen LogP contribution is 2.32. The lowest BCUT2D eigenvalue weighted by Gasteiger charge is -2.47. The fourth-order valence-corrected chi connectivity index (χ4v) is 4.28. The molecule has 2 saturated heterocycles. The molecular formula is C22H30F3IN4. The van der Waals surface area contributed by atoms with Crippen LogP contribution in [0.5, 0.6) is 0 Å². The van der Waals surface area contributed by atoms with Crippen LogP contribution in [0.4, 0.5) is 13.2 Å². The third-order valence-electron chi connectivity index (χ3n) is 5.76. The first-order chi connectivity index (χ1) is 13.9. The van der Waals surface area contributed by atoms with Crippen molar-refractivity contribution in [1.82, 2.24) is 15.5 Å². The summed E-state index contributed by atoms with van der Waals surface area (Å²) in [5.41, 5.74) is -0.341. The summed E-state index contributed by atoms with van der Waals surface area (Å²) in [5.74, 6) is 6.36. The summed E-state index contributed by atoms with van der Waals surface area (Å²) >= 11 is 0. The Balaban J connectivity index is 0.00000320. The molecule has 2 fully saturated rings. The van der Waals surface area contributed by atoms with Gasteiger partial charge in [-0.25, -0.2) is 4.99 Å². The highest BCUT2D eigenvalue weighted by Gasteiger charge is 2.36. The third-order valence-corrected chi connectivity index (χ3v) is 5.76. The predicted octanol–water partition coefficient (Wildman–Crippen LogP) is 4.25. The topological polar surface area (TPSA) is 39.7 Å². The third kappa shape index (κ3) is 6.77. The van der Waals surface area contributed by atoms with Crippen molar-refractivity contribution in [3.05, 3.63) is 35.4 Å². The maximum atomic E-state index is 12.8. The van der Waals surface area contributed by atoms with E-state index in [2.05, 4.69) is 39.4 Å². The van der Waals surface area contributed by atoms with Crippen LogP contribution in [0.3, 0.4) is 0 Å². The van der Waals surface area contributed by atoms with Crippen molar-refractivity contribution < 1.29 is 13.2 Å². The summed E-state index contributed by atoms with van der Waals surface area (Å²) in [7, 11) is 2.23. The van der Waals surface area contributed by atoms with E-state index in [0.717, 1.165) is 37.5 Å². The summed E-state index contributed by atoms with van der Waals surface area (Å²) < 4.78 is 38.4. The molecule has 2 aliphatic rings. The van der Waals surface area contributed by atoms with Crippen LogP contribution in [0.1, 0.15) is 50.2 Å². The van der Waals surface area contributed by atoms with E-state index in [1.54, 1.807) is 6.07 Å². The van der Waals surface area contributed by atoms with Gasteiger partial charge in [-0.1, -0.05) is 24.3 Å². The Morgan fingerprint density at radius 1 is 1.23 bits per heavy atom. The largest absolute Gasteiger partial charge is 0.416 e. The van der Waals surface area contributed by atoms with Gasteiger partial charge >= 0.3 is 6.18 Å². The maximum absolute atomic E-state index is 12.8. The molecule has 0 aromatic heterocycles. The van der Waals surface area contributed by atoms with E-state index in [0.29, 0.717) is 23.7 Å². The number of nitrogens with zero attached hydrogens (tertiary/aromatic N) is 2. The zero-order chi connectivity index (χ0) is 20.9. The van der Waals surface area contributed by atoms with Crippen LogP contribution in [-0.2, 0) is 6.18 Å². The average molecular weight is 534 g/mol. The van der Waals surface area contributed by atoms with Gasteiger partial charge in [0, 0.05) is 30.2 Å². The summed E-state index contributed by atoms with van der Waals surface area (Å²) in [5, 5.41) is 6.77. The minimum atomic E-state index is -4.36. The van der Waals surface area contributed by atoms with Gasteiger partial charge in [-0.05, 0) is 57.9 Å². The fourth-order valence-electron chi connectivity index (χ4n) is 4.28. The first kappa shape index (κ1) is 24.8. The molecule has 2 bridgehead atoms. The van der Waals surface area contributed by atoms with Crippen LogP contribution in [-0.4, -0.2) is 49.1 Å². The zero-order valence-corrected chi connectivity index (χ0v) is 19.8. The molecule has 166 valence electrons. The number of rotatable bonds is 3. The van der Waals surface area contributed by atoms with E-state index < -0.39 is 11.7 Å². The number of alkyl halides is 3. The molecule has 0 aliphatic carbocycles. The number of aliphatic imine (C=N–C) groups is 1. The van der Waals surface area contributed by atoms with Gasteiger partial charge in [0.05, 0.1) is 5.56 Å². The van der Waals surface area contributed by atoms with Crippen molar-refractivity contribution in [2.45, 2.75) is 63.3 Å². The molecule has 1 aromatic rings. The monoisotopic (exact) mass is 534 g/mol. The van der Waals surface area contributed by atoms with Crippen LogP contribution < -0.4 is 10.6 Å². The molecule has 2 N–H and O–H groups in total. The number of guanidine groups is 1. The minimum absolute atomic E-state index is 0. The predicted molar refractivity (Wildman–Crippen MR) is 125 cm³/mol. The fraction of sp³-hybridized carbons (Fsp3) is 0.591. The number of fused-ring (bicyclic) bond motifs is 2. The Bertz CT molecular complexity index is 771. The normalized spacial score (nSPS) is 24.3. The molecule has 0 spiro atoms. The van der Waals surface area contributed by atoms with Gasteiger partial charge in [-0.2, -0.15) is 13.2 Å². The Labute approximate surface area is 194 Å². The Kier molecular flexibility index (Phi) is 9.29. The molecule has 1 aromatic carbocycles. The lowest BCUT2D eigenvalue weighted by atomic mass is 9.82. The zero-order valence-electron chi connectivity index (χ0n) is 17.4. The highest BCUT2D eigenvalue weighted by molar-refractivity contribution is 14.0. The van der Waals surface area contributed by atoms with Crippen molar-refractivity contribution >= 4 is 29.9 Å². The minimum Gasteiger partial charge on any atom is -0.357 e. The van der Waals surface area contributed by atoms with Crippen molar-refractivity contribution in [3.63, 3.8) is 0 Å². The first-order valence-electron chi connectivity index (χ1n) is 10.3. The maximum Gasteiger partial charge on any atom is 0.416 e. The molecule has 0 saturated carbocycles. The average Bonchev–Trinajstić information content (AvgIpc) is 2.66. The van der Waals surface area contributed by atoms with E-state index >= 15 is 0 Å². The number of piperidine rings is 2. The molecule has 0 radical (unpaired) electrons. The molecule has 2 heterocycles. The van der Waals surface area contributed by atoms with E-state index in [-0.39, 0.29) is 30.5 Å². The Morgan fingerprint density at radius 3 is 2.57 bits per heavy atom. The quantitative estimate of drug-likeness (QED) is 0.264. The van der Waals surface area contributed by atoms with Gasteiger partial charge in [-0.3, -0.25) is 0 Å². The van der Waals surface area contributed by atoms with Gasteiger partial charge in [0.1, 0.15) is 6.54 Å². The van der Waals surface area contributed by atoms with Gasteiger partial charge in [0.2, 0.25) is 0 Å². The van der Waals surface area contributed by atoms with Gasteiger partial charge in [0.25, 0.3) is 0 Å². The van der Waals surface area contributed by atoms with Crippen molar-refractivity contribution in [2.75, 3.05) is 20.1 Å². The van der Waals surface area contributed by atoms with Crippen LogP contribution in [0.25, 0.3) is 0 Å². The summed E-state index contributed by atoms with van der Waals surface area (Å²) in [4.78, 5) is 7.01. The van der Waals surface area contributed by atoms with Gasteiger partial charge < -0.3 is 15.5 Å². The number of nitrogens with one attached hydrogen (secondary N) is 2. The molecule has 4 nitrogen and oxygen atoms in total. The van der Waals surface area contributed by atoms with E-state index in [1.807, 2.05) is 6.92 Å². The Hall–Kier alpha value is -1.47. The second-order valence-corrected chi connectivity index (χ2v) is 7.79. The molecule has 2 aliphatic heterocycles. The number of hydrogen-bond donors (Lipinski definition) is 2. The summed E-state index contributed by atoms with van der Waals surface area (Å²) in [6, 6.07) is 6.71. The summed E-state index contributed by atoms with van der Waals surface area (Å²) in [6.45, 7) is 2.98. The number of halogens is 4. The molecule has 2 unspecified atom stereocenters. The molecule has 3 rings (SSSR count). The second-order valence-electron chi connectivity index (χ2n) is 7.79. The molecule has 30 heavy (non-hydrogen) atoms. The Morgan fingerprint density at radius 2 is 1.93 bits per heavy atom. The SMILES string of the molecule is CCNC(=NCC#Cc1cccc(C(F)(F)F)c1)NC1CC2CCCC(C1)N2C.I. The van der Waals surface area contributed by atoms with Crippen LogP contribution >= 0.6 is 24.0 Å². The number of hydrogen-bond acceptors (Lipinski definition) is 2. The molecular weight excluding hydrogens is 504 g/mol. The van der Waals surface area contributed by atoms with Crippen LogP contribution in [0, 0.1) is 11.8 Å². The van der Waals surface area contributed by atoms with E-state index in [4.69, 9.17) is 0 Å². The second kappa shape index (κ2) is 11.2. The van der Waals surface area contributed by atoms with E-state index in [9.17, 15) is 13.2 Å². The van der Waals surface area contributed by atoms with Crippen LogP contribution in [0.15, 0.2) is 29.3 Å². The van der Waals surface area contributed by atoms with Crippen molar-refractivity contribution in [3.8, 4) is 11.8 Å². The van der Waals surface area contributed by atoms with E-state index in [1.165, 1.54) is 25.3 Å². The molecule has 8 heteroatoms. The molecule has 2 atom stereocenters. The van der Waals surface area contributed by atoms with Crippen molar-refractivity contribution in [1.29, 1.82) is 0 Å². The van der Waals surface area contributed by atoms with Gasteiger partial charge in [0.15, 0.2) is 5.96 Å². The summed E-state index contributed by atoms with van der Waals surface area (Å²) in [6.07, 6.45) is 1.67. The van der Waals surface area contributed by atoms with Gasteiger partial charge in [-0.15, -0.1) is 24.0 Å². The smallest absolute Gasteiger partial charge is 0.357 e. The molecule has 0 amide bonds. The highest BCUT2D eigenvalue weighted by atomic mass is 127. The standard InChI is InChI=1S/C22H29F3N4.HI/c1-3-26-21(28-18-14-19-10-5-11-20(15-18)29(19)2)27-12-6-8-16-7-4-9-17(13-16)22(23,24)25;/h4,7,9,13,18-20H,3,5,10-12,14-15H2,1-2H3,(H2,26,27,28);1H.